The average Bonchev–Trinajstić information content (AvgIpc) is 3.06. The van der Waals surface area contributed by atoms with E-state index < -0.39 is 18.0 Å². The second-order valence-corrected chi connectivity index (χ2v) is 11.5. The summed E-state index contributed by atoms with van der Waals surface area (Å²) < 4.78 is 28.5. The molecule has 0 radical (unpaired) electrons. The SMILES string of the molecule is CC(C[C@H]1CCC[C@H]1OS(C)(=O)=O)CP(c1ccccc1)c1ccccc1. The second-order valence-electron chi connectivity index (χ2n) is 7.65. The van der Waals surface area contributed by atoms with Crippen LogP contribution in [0.4, 0.5) is 0 Å². The molecule has 0 aliphatic heterocycles. The van der Waals surface area contributed by atoms with Gasteiger partial charge in [-0.1, -0.05) is 74.0 Å². The van der Waals surface area contributed by atoms with Crippen LogP contribution >= 0.6 is 7.92 Å². The molecule has 2 aromatic carbocycles. The lowest BCUT2D eigenvalue weighted by Gasteiger charge is -2.26. The predicted molar refractivity (Wildman–Crippen MR) is 115 cm³/mol. The van der Waals surface area contributed by atoms with Crippen LogP contribution in [-0.2, 0) is 14.3 Å². The Morgan fingerprint density at radius 2 is 1.56 bits per heavy atom. The summed E-state index contributed by atoms with van der Waals surface area (Å²) in [4.78, 5) is 0. The Kier molecular flexibility index (Phi) is 7.08. The van der Waals surface area contributed by atoms with E-state index in [0.29, 0.717) is 11.8 Å². The molecule has 0 spiro atoms. The van der Waals surface area contributed by atoms with Crippen molar-refractivity contribution in [2.45, 2.75) is 38.7 Å². The topological polar surface area (TPSA) is 43.4 Å². The molecule has 0 saturated heterocycles. The Labute approximate surface area is 165 Å². The number of hydrogen-bond donors (Lipinski definition) is 0. The highest BCUT2D eigenvalue weighted by molar-refractivity contribution is 7.86. The fraction of sp³-hybridized carbons (Fsp3) is 0.455. The molecule has 0 N–H and O–H groups in total. The summed E-state index contributed by atoms with van der Waals surface area (Å²) in [6.45, 7) is 2.30. The summed E-state index contributed by atoms with van der Waals surface area (Å²) in [5, 5.41) is 2.81. The van der Waals surface area contributed by atoms with Gasteiger partial charge in [0.15, 0.2) is 0 Å². The van der Waals surface area contributed by atoms with Crippen molar-refractivity contribution in [1.82, 2.24) is 0 Å². The van der Waals surface area contributed by atoms with Crippen molar-refractivity contribution in [2.24, 2.45) is 11.8 Å². The van der Waals surface area contributed by atoms with Gasteiger partial charge in [-0.25, -0.2) is 0 Å². The van der Waals surface area contributed by atoms with Crippen molar-refractivity contribution in [3.05, 3.63) is 60.7 Å². The summed E-state index contributed by atoms with van der Waals surface area (Å²) >= 11 is 0. The molecule has 0 aromatic heterocycles. The molecule has 5 heteroatoms. The second kappa shape index (κ2) is 9.32. The highest BCUT2D eigenvalue weighted by Crippen LogP contribution is 2.40. The van der Waals surface area contributed by atoms with Crippen molar-refractivity contribution in [1.29, 1.82) is 0 Å². The van der Waals surface area contributed by atoms with Crippen LogP contribution in [-0.4, -0.2) is 26.9 Å². The van der Waals surface area contributed by atoms with Crippen molar-refractivity contribution in [3.8, 4) is 0 Å². The minimum Gasteiger partial charge on any atom is -0.267 e. The molecule has 1 saturated carbocycles. The summed E-state index contributed by atoms with van der Waals surface area (Å²) in [6, 6.07) is 21.5. The minimum atomic E-state index is -3.38. The molecule has 27 heavy (non-hydrogen) atoms. The molecule has 3 nitrogen and oxygen atoms in total. The molecule has 0 bridgehead atoms. The summed E-state index contributed by atoms with van der Waals surface area (Å²) in [6.07, 6.45) is 6.15. The van der Waals surface area contributed by atoms with Crippen molar-refractivity contribution >= 4 is 28.6 Å². The number of rotatable bonds is 8. The van der Waals surface area contributed by atoms with Gasteiger partial charge in [-0.05, 0) is 55.8 Å². The van der Waals surface area contributed by atoms with Crippen molar-refractivity contribution in [3.63, 3.8) is 0 Å². The fourth-order valence-electron chi connectivity index (χ4n) is 4.10. The van der Waals surface area contributed by atoms with Gasteiger partial charge in [0.1, 0.15) is 0 Å². The summed E-state index contributed by atoms with van der Waals surface area (Å²) in [5.74, 6) is 0.864. The lowest BCUT2D eigenvalue weighted by molar-refractivity contribution is 0.154. The van der Waals surface area contributed by atoms with Gasteiger partial charge in [0.05, 0.1) is 12.4 Å². The maximum atomic E-state index is 11.5. The number of benzene rings is 2. The van der Waals surface area contributed by atoms with E-state index in [4.69, 9.17) is 4.18 Å². The zero-order chi connectivity index (χ0) is 19.3. The van der Waals surface area contributed by atoms with Crippen LogP contribution in [0.5, 0.6) is 0 Å². The maximum Gasteiger partial charge on any atom is 0.264 e. The monoisotopic (exact) mass is 404 g/mol. The van der Waals surface area contributed by atoms with Crippen molar-refractivity contribution in [2.75, 3.05) is 12.4 Å². The molecule has 0 amide bonds. The lowest BCUT2D eigenvalue weighted by Crippen LogP contribution is -2.25. The third kappa shape index (κ3) is 6.14. The van der Waals surface area contributed by atoms with Gasteiger partial charge in [0, 0.05) is 0 Å². The van der Waals surface area contributed by atoms with Crippen LogP contribution in [0.2, 0.25) is 0 Å². The largest absolute Gasteiger partial charge is 0.267 e. The predicted octanol–water partition coefficient (Wildman–Crippen LogP) is 4.29. The first-order valence-electron chi connectivity index (χ1n) is 9.68. The van der Waals surface area contributed by atoms with E-state index in [0.717, 1.165) is 38.1 Å². The van der Waals surface area contributed by atoms with E-state index in [1.165, 1.54) is 10.6 Å². The molecule has 3 atom stereocenters. The van der Waals surface area contributed by atoms with E-state index in [1.807, 2.05) is 0 Å². The molecule has 3 rings (SSSR count). The molecule has 146 valence electrons. The highest BCUT2D eigenvalue weighted by atomic mass is 32.2. The zero-order valence-electron chi connectivity index (χ0n) is 16.1. The molecule has 1 fully saturated rings. The van der Waals surface area contributed by atoms with Gasteiger partial charge in [0.2, 0.25) is 0 Å². The first-order valence-corrected chi connectivity index (χ1v) is 13.0. The Hall–Kier alpha value is -1.22. The van der Waals surface area contributed by atoms with Crippen LogP contribution in [0.3, 0.4) is 0 Å². The summed E-state index contributed by atoms with van der Waals surface area (Å²) in [5.41, 5.74) is 0. The van der Waals surface area contributed by atoms with Gasteiger partial charge in [0.25, 0.3) is 10.1 Å². The van der Waals surface area contributed by atoms with E-state index in [2.05, 4.69) is 67.6 Å². The Balaban J connectivity index is 1.70. The van der Waals surface area contributed by atoms with Gasteiger partial charge >= 0.3 is 0 Å². The average molecular weight is 405 g/mol. The molecular weight excluding hydrogens is 375 g/mol. The third-order valence-electron chi connectivity index (χ3n) is 5.22. The van der Waals surface area contributed by atoms with Gasteiger partial charge in [-0.2, -0.15) is 8.42 Å². The van der Waals surface area contributed by atoms with Crippen LogP contribution < -0.4 is 10.6 Å². The molecule has 2 aromatic rings. The molecule has 1 aliphatic rings. The quantitative estimate of drug-likeness (QED) is 0.487. The molecular formula is C22H29O3PS. The van der Waals surface area contributed by atoms with Crippen LogP contribution in [0.15, 0.2) is 60.7 Å². The lowest BCUT2D eigenvalue weighted by atomic mass is 9.94. The first kappa shape index (κ1) is 20.5. The van der Waals surface area contributed by atoms with E-state index in [-0.39, 0.29) is 6.10 Å². The Bertz CT molecular complexity index is 768. The van der Waals surface area contributed by atoms with Gasteiger partial charge < -0.3 is 0 Å². The van der Waals surface area contributed by atoms with Gasteiger partial charge in [-0.3, -0.25) is 4.18 Å². The standard InChI is InChI=1S/C22H29O3PS/c1-18(16-19-10-9-15-22(19)25-27(2,23)24)17-26(20-11-5-3-6-12-20)21-13-7-4-8-14-21/h3-8,11-14,18-19,22H,9-10,15-17H2,1-2H3/t18?,19-,22-/m1/s1. The normalized spacial score (nSPS) is 21.4. The zero-order valence-corrected chi connectivity index (χ0v) is 17.8. The van der Waals surface area contributed by atoms with Crippen LogP contribution in [0, 0.1) is 11.8 Å². The minimum absolute atomic E-state index is 0.137. The van der Waals surface area contributed by atoms with E-state index in [1.54, 1.807) is 0 Å². The van der Waals surface area contributed by atoms with E-state index in [9.17, 15) is 8.42 Å². The maximum absolute atomic E-state index is 11.5. The third-order valence-corrected chi connectivity index (χ3v) is 8.65. The Morgan fingerprint density at radius 3 is 2.07 bits per heavy atom. The first-order chi connectivity index (χ1) is 12.9. The smallest absolute Gasteiger partial charge is 0.264 e. The number of hydrogen-bond acceptors (Lipinski definition) is 3. The van der Waals surface area contributed by atoms with Crippen LogP contribution in [0.1, 0.15) is 32.6 Å². The highest BCUT2D eigenvalue weighted by Gasteiger charge is 2.32. The summed E-state index contributed by atoms with van der Waals surface area (Å²) in [7, 11) is -3.79. The Morgan fingerprint density at radius 1 is 1.00 bits per heavy atom. The van der Waals surface area contributed by atoms with Crippen molar-refractivity contribution < 1.29 is 12.6 Å². The van der Waals surface area contributed by atoms with E-state index >= 15 is 0 Å². The molecule has 1 aliphatic carbocycles. The van der Waals surface area contributed by atoms with Gasteiger partial charge in [-0.15, -0.1) is 0 Å². The molecule has 0 heterocycles. The fourth-order valence-corrected chi connectivity index (χ4v) is 7.36. The van der Waals surface area contributed by atoms with Crippen LogP contribution in [0.25, 0.3) is 0 Å². The molecule has 1 unspecified atom stereocenters.